The van der Waals surface area contributed by atoms with Gasteiger partial charge in [0, 0.05) is 26.2 Å². The third-order valence-electron chi connectivity index (χ3n) is 4.42. The molecule has 0 aromatic carbocycles. The van der Waals surface area contributed by atoms with E-state index in [4.69, 9.17) is 5.11 Å². The lowest BCUT2D eigenvalue weighted by molar-refractivity contribution is -0.227. The summed E-state index contributed by atoms with van der Waals surface area (Å²) in [4.78, 5) is 25.9. The summed E-state index contributed by atoms with van der Waals surface area (Å²) in [6, 6.07) is -0.478. The van der Waals surface area contributed by atoms with Gasteiger partial charge in [0.15, 0.2) is 5.41 Å². The van der Waals surface area contributed by atoms with Gasteiger partial charge in [-0.3, -0.25) is 4.79 Å². The minimum atomic E-state index is -4.86. The number of amides is 2. The number of carboxylic acid groups (broad SMARTS) is 1. The van der Waals surface area contributed by atoms with Crippen LogP contribution in [0.4, 0.5) is 18.0 Å². The van der Waals surface area contributed by atoms with Crippen LogP contribution in [0.3, 0.4) is 0 Å². The van der Waals surface area contributed by atoms with Crippen molar-refractivity contribution in [1.29, 1.82) is 0 Å². The molecule has 0 saturated carbocycles. The van der Waals surface area contributed by atoms with E-state index < -0.39 is 36.6 Å². The second kappa shape index (κ2) is 5.38. The van der Waals surface area contributed by atoms with Crippen LogP contribution in [0.15, 0.2) is 0 Å². The number of halogens is 3. The molecule has 2 amide bonds. The Morgan fingerprint density at radius 2 is 1.90 bits per heavy atom. The summed E-state index contributed by atoms with van der Waals surface area (Å²) < 4.78 is 39.2. The lowest BCUT2D eigenvalue weighted by atomic mass is 9.86. The molecular weight excluding hydrogens is 289 g/mol. The molecule has 8 heteroatoms. The summed E-state index contributed by atoms with van der Waals surface area (Å²) in [5.74, 6) is -1.59. The number of likely N-dealkylation sites (tertiary alicyclic amines) is 2. The number of hydrogen-bond donors (Lipinski definition) is 1. The van der Waals surface area contributed by atoms with Gasteiger partial charge >= 0.3 is 18.2 Å². The summed E-state index contributed by atoms with van der Waals surface area (Å²) in [7, 11) is 0. The first kappa shape index (κ1) is 15.9. The number of piperidine rings is 1. The number of rotatable bonds is 1. The van der Waals surface area contributed by atoms with E-state index in [1.807, 2.05) is 6.92 Å². The largest absolute Gasteiger partial charge is 0.481 e. The van der Waals surface area contributed by atoms with Crippen LogP contribution in [0.5, 0.6) is 0 Å². The van der Waals surface area contributed by atoms with Gasteiger partial charge in [0.1, 0.15) is 0 Å². The van der Waals surface area contributed by atoms with Crippen molar-refractivity contribution in [3.8, 4) is 0 Å². The van der Waals surface area contributed by atoms with Crippen molar-refractivity contribution in [2.75, 3.05) is 26.2 Å². The summed E-state index contributed by atoms with van der Waals surface area (Å²) in [6.45, 7) is 2.05. The van der Waals surface area contributed by atoms with Crippen molar-refractivity contribution < 1.29 is 27.9 Å². The molecule has 2 heterocycles. The molecule has 0 aliphatic carbocycles. The molecule has 2 aliphatic heterocycles. The number of alkyl halides is 3. The average Bonchev–Trinajstić information content (AvgIpc) is 2.83. The van der Waals surface area contributed by atoms with Crippen LogP contribution in [-0.2, 0) is 4.79 Å². The first-order valence-electron chi connectivity index (χ1n) is 7.01. The average molecular weight is 308 g/mol. The Morgan fingerprint density at radius 3 is 2.38 bits per heavy atom. The maximum Gasteiger partial charge on any atom is 0.406 e. The van der Waals surface area contributed by atoms with Crippen LogP contribution in [0, 0.1) is 11.3 Å². The fraction of sp³-hybridized carbons (Fsp3) is 0.846. The van der Waals surface area contributed by atoms with Crippen LogP contribution in [0.25, 0.3) is 0 Å². The Bertz CT molecular complexity index is 441. The van der Waals surface area contributed by atoms with Gasteiger partial charge < -0.3 is 14.9 Å². The number of carboxylic acids is 1. The van der Waals surface area contributed by atoms with Crippen molar-refractivity contribution in [2.24, 2.45) is 11.3 Å². The van der Waals surface area contributed by atoms with Gasteiger partial charge in [-0.1, -0.05) is 6.92 Å². The van der Waals surface area contributed by atoms with Crippen molar-refractivity contribution in [2.45, 2.75) is 32.4 Å². The summed E-state index contributed by atoms with van der Waals surface area (Å²) in [5.41, 5.74) is -2.83. The van der Waals surface area contributed by atoms with Crippen molar-refractivity contribution >= 4 is 12.0 Å². The molecule has 120 valence electrons. The second-order valence-corrected chi connectivity index (χ2v) is 6.03. The number of aliphatic carboxylic acids is 1. The van der Waals surface area contributed by atoms with Crippen molar-refractivity contribution in [3.05, 3.63) is 0 Å². The molecule has 21 heavy (non-hydrogen) atoms. The fourth-order valence-electron chi connectivity index (χ4n) is 3.06. The predicted octanol–water partition coefficient (Wildman–Crippen LogP) is 2.18. The van der Waals surface area contributed by atoms with Crippen LogP contribution in [0.1, 0.15) is 26.2 Å². The Hall–Kier alpha value is -1.47. The van der Waals surface area contributed by atoms with E-state index >= 15 is 0 Å². The summed E-state index contributed by atoms with van der Waals surface area (Å²) >= 11 is 0. The summed E-state index contributed by atoms with van der Waals surface area (Å²) in [6.07, 6.45) is -3.63. The van der Waals surface area contributed by atoms with Crippen molar-refractivity contribution in [1.82, 2.24) is 9.80 Å². The van der Waals surface area contributed by atoms with Crippen LogP contribution in [-0.4, -0.2) is 59.3 Å². The number of carbonyl (C=O) groups is 2. The molecule has 2 atom stereocenters. The molecule has 2 rings (SSSR count). The normalized spacial score (nSPS) is 30.6. The summed E-state index contributed by atoms with van der Waals surface area (Å²) in [5, 5.41) is 8.98. The van der Waals surface area contributed by atoms with E-state index in [-0.39, 0.29) is 6.54 Å². The Balaban J connectivity index is 2.10. The van der Waals surface area contributed by atoms with E-state index in [2.05, 4.69) is 0 Å². The van der Waals surface area contributed by atoms with Gasteiger partial charge in [-0.25, -0.2) is 4.79 Å². The predicted molar refractivity (Wildman–Crippen MR) is 67.7 cm³/mol. The topological polar surface area (TPSA) is 60.9 Å². The number of nitrogens with zero attached hydrogens (tertiary/aromatic N) is 2. The Labute approximate surface area is 120 Å². The van der Waals surface area contributed by atoms with Gasteiger partial charge in [0.25, 0.3) is 0 Å². The molecular formula is C13H19F3N2O3. The molecule has 2 fully saturated rings. The molecule has 2 aliphatic rings. The lowest BCUT2D eigenvalue weighted by Gasteiger charge is -2.34. The molecule has 0 spiro atoms. The van der Waals surface area contributed by atoms with E-state index in [9.17, 15) is 22.8 Å². The molecule has 0 radical (unpaired) electrons. The second-order valence-electron chi connectivity index (χ2n) is 6.03. The van der Waals surface area contributed by atoms with Gasteiger partial charge in [-0.15, -0.1) is 0 Å². The van der Waals surface area contributed by atoms with E-state index in [1.165, 1.54) is 4.90 Å². The zero-order valence-corrected chi connectivity index (χ0v) is 11.8. The van der Waals surface area contributed by atoms with Crippen molar-refractivity contribution in [3.63, 3.8) is 0 Å². The third kappa shape index (κ3) is 2.80. The highest BCUT2D eigenvalue weighted by Crippen LogP contribution is 2.46. The first-order chi connectivity index (χ1) is 9.67. The first-order valence-corrected chi connectivity index (χ1v) is 7.01. The quantitative estimate of drug-likeness (QED) is 0.807. The lowest BCUT2D eigenvalue weighted by Crippen LogP contribution is -2.50. The van der Waals surface area contributed by atoms with Crippen LogP contribution >= 0.6 is 0 Å². The fourth-order valence-corrected chi connectivity index (χ4v) is 3.06. The SMILES string of the molecule is CC1CCCN(C(=O)N2CCC(C(=O)O)(C(F)(F)F)C2)C1. The van der Waals surface area contributed by atoms with E-state index in [0.717, 1.165) is 17.7 Å². The molecule has 1 N–H and O–H groups in total. The van der Waals surface area contributed by atoms with Gasteiger partial charge in [-0.05, 0) is 25.2 Å². The molecule has 5 nitrogen and oxygen atoms in total. The zero-order valence-electron chi connectivity index (χ0n) is 11.8. The minimum absolute atomic E-state index is 0.171. The maximum atomic E-state index is 13.1. The smallest absolute Gasteiger partial charge is 0.406 e. The standard InChI is InChI=1S/C13H19F3N2O3/c1-9-3-2-5-17(7-9)11(21)18-6-4-12(8-18,10(19)20)13(14,15)16/h9H,2-8H2,1H3,(H,19,20). The Kier molecular flexibility index (Phi) is 4.08. The molecule has 0 aromatic heterocycles. The van der Waals surface area contributed by atoms with Crippen LogP contribution < -0.4 is 0 Å². The zero-order chi connectivity index (χ0) is 15.8. The van der Waals surface area contributed by atoms with E-state index in [0.29, 0.717) is 19.0 Å². The number of urea groups is 1. The number of carbonyl (C=O) groups excluding carboxylic acids is 1. The molecule has 2 saturated heterocycles. The monoisotopic (exact) mass is 308 g/mol. The van der Waals surface area contributed by atoms with Gasteiger partial charge in [0.05, 0.1) is 0 Å². The molecule has 0 aromatic rings. The molecule has 0 bridgehead atoms. The minimum Gasteiger partial charge on any atom is -0.481 e. The highest BCUT2D eigenvalue weighted by molar-refractivity contribution is 5.80. The third-order valence-corrected chi connectivity index (χ3v) is 4.42. The number of hydrogen-bond acceptors (Lipinski definition) is 2. The Morgan fingerprint density at radius 1 is 1.24 bits per heavy atom. The van der Waals surface area contributed by atoms with Gasteiger partial charge in [-0.2, -0.15) is 13.2 Å². The highest BCUT2D eigenvalue weighted by Gasteiger charge is 2.64. The highest BCUT2D eigenvalue weighted by atomic mass is 19.4. The van der Waals surface area contributed by atoms with Gasteiger partial charge in [0.2, 0.25) is 0 Å². The molecule has 2 unspecified atom stereocenters. The maximum absolute atomic E-state index is 13.1. The van der Waals surface area contributed by atoms with Crippen LogP contribution in [0.2, 0.25) is 0 Å². The van der Waals surface area contributed by atoms with E-state index in [1.54, 1.807) is 0 Å².